The summed E-state index contributed by atoms with van der Waals surface area (Å²) in [5, 5.41) is 18.2. The van der Waals surface area contributed by atoms with Crippen molar-refractivity contribution >= 4 is 11.9 Å². The molecule has 110 valence electrons. The summed E-state index contributed by atoms with van der Waals surface area (Å²) in [5.41, 5.74) is 1.39. The first-order chi connectivity index (χ1) is 9.58. The van der Waals surface area contributed by atoms with E-state index in [1.54, 1.807) is 6.20 Å². The molecule has 1 aromatic heterocycles. The quantitative estimate of drug-likeness (QED) is 0.718. The van der Waals surface area contributed by atoms with Crippen molar-refractivity contribution in [3.8, 4) is 0 Å². The molecule has 1 aliphatic rings. The average Bonchev–Trinajstić information content (AvgIpc) is 2.84. The molecule has 0 spiro atoms. The number of nitrogens with zero attached hydrogens (tertiary/aromatic N) is 2. The predicted octanol–water partition coefficient (Wildman–Crippen LogP) is 0.245. The number of nitrogens with one attached hydrogen (secondary N) is 2. The van der Waals surface area contributed by atoms with E-state index in [0.717, 1.165) is 25.1 Å². The highest BCUT2D eigenvalue weighted by molar-refractivity contribution is 5.95. The van der Waals surface area contributed by atoms with Crippen molar-refractivity contribution in [1.29, 1.82) is 0 Å². The van der Waals surface area contributed by atoms with Crippen LogP contribution in [0.2, 0.25) is 0 Å². The molecule has 1 saturated heterocycles. The average molecular weight is 280 g/mol. The Hall–Kier alpha value is -1.89. The van der Waals surface area contributed by atoms with Gasteiger partial charge in [0.2, 0.25) is 0 Å². The first kappa shape index (κ1) is 14.5. The van der Waals surface area contributed by atoms with Crippen LogP contribution in [0.5, 0.6) is 0 Å². The number of carbonyl (C=O) groups is 2. The zero-order valence-electron chi connectivity index (χ0n) is 11.6. The van der Waals surface area contributed by atoms with Crippen LogP contribution >= 0.6 is 0 Å². The predicted molar refractivity (Wildman–Crippen MR) is 72.5 cm³/mol. The summed E-state index contributed by atoms with van der Waals surface area (Å²) in [6.45, 7) is 3.83. The Labute approximate surface area is 117 Å². The van der Waals surface area contributed by atoms with Crippen LogP contribution in [0.15, 0.2) is 6.20 Å². The molecular formula is C13H20N4O3. The lowest BCUT2D eigenvalue weighted by Crippen LogP contribution is -2.43. The Morgan fingerprint density at radius 1 is 1.60 bits per heavy atom. The zero-order chi connectivity index (χ0) is 14.5. The summed E-state index contributed by atoms with van der Waals surface area (Å²) in [4.78, 5) is 24.7. The highest BCUT2D eigenvalue weighted by atomic mass is 16.4. The van der Waals surface area contributed by atoms with Crippen LogP contribution in [-0.2, 0) is 4.79 Å². The van der Waals surface area contributed by atoms with Crippen molar-refractivity contribution in [1.82, 2.24) is 20.4 Å². The summed E-state index contributed by atoms with van der Waals surface area (Å²) in [5.74, 6) is -0.554. The lowest BCUT2D eigenvalue weighted by Gasteiger charge is -2.32. The number of H-pyrrole nitrogens is 1. The van der Waals surface area contributed by atoms with Gasteiger partial charge in [0.1, 0.15) is 0 Å². The summed E-state index contributed by atoms with van der Waals surface area (Å²) in [6.07, 6.45) is 3.52. The number of aliphatic carboxylic acids is 1. The van der Waals surface area contributed by atoms with E-state index in [0.29, 0.717) is 24.6 Å². The standard InChI is InChI=1S/C13H20N4O3/c1-9-11(6-15-16-9)13(20)17-4-2-3-10(8-17)5-14-7-12(18)19/h6,10,14H,2-5,7-8H2,1H3,(H,15,16)(H,18,19). The van der Waals surface area contributed by atoms with Crippen LogP contribution < -0.4 is 5.32 Å². The molecule has 1 aliphatic heterocycles. The molecule has 0 saturated carbocycles. The molecule has 1 aromatic rings. The summed E-state index contributed by atoms with van der Waals surface area (Å²) >= 11 is 0. The number of aryl methyl sites for hydroxylation is 1. The normalized spacial score (nSPS) is 19.1. The van der Waals surface area contributed by atoms with E-state index >= 15 is 0 Å². The molecule has 20 heavy (non-hydrogen) atoms. The van der Waals surface area contributed by atoms with Crippen molar-refractivity contribution in [2.75, 3.05) is 26.2 Å². The van der Waals surface area contributed by atoms with Gasteiger partial charge in [-0.15, -0.1) is 0 Å². The number of likely N-dealkylation sites (tertiary alicyclic amines) is 1. The topological polar surface area (TPSA) is 98.3 Å². The first-order valence-corrected chi connectivity index (χ1v) is 6.79. The largest absolute Gasteiger partial charge is 0.480 e. The van der Waals surface area contributed by atoms with Crippen molar-refractivity contribution in [2.24, 2.45) is 5.92 Å². The van der Waals surface area contributed by atoms with Gasteiger partial charge >= 0.3 is 5.97 Å². The van der Waals surface area contributed by atoms with Crippen molar-refractivity contribution < 1.29 is 14.7 Å². The Kier molecular flexibility index (Phi) is 4.73. The fourth-order valence-electron chi connectivity index (χ4n) is 2.54. The van der Waals surface area contributed by atoms with Crippen LogP contribution in [0.4, 0.5) is 0 Å². The van der Waals surface area contributed by atoms with Crippen LogP contribution in [0.25, 0.3) is 0 Å². The molecule has 0 aromatic carbocycles. The van der Waals surface area contributed by atoms with Gasteiger partial charge in [-0.25, -0.2) is 0 Å². The Balaban J connectivity index is 1.88. The van der Waals surface area contributed by atoms with Gasteiger partial charge in [0.15, 0.2) is 0 Å². The van der Waals surface area contributed by atoms with Crippen LogP contribution in [-0.4, -0.2) is 58.3 Å². The van der Waals surface area contributed by atoms with E-state index in [2.05, 4.69) is 15.5 Å². The fourth-order valence-corrected chi connectivity index (χ4v) is 2.54. The zero-order valence-corrected chi connectivity index (χ0v) is 11.6. The molecule has 1 atom stereocenters. The number of carboxylic acids is 1. The van der Waals surface area contributed by atoms with Crippen molar-refractivity contribution in [2.45, 2.75) is 19.8 Å². The molecule has 0 aliphatic carbocycles. The van der Waals surface area contributed by atoms with Gasteiger partial charge in [-0.2, -0.15) is 5.10 Å². The molecule has 0 radical (unpaired) electrons. The van der Waals surface area contributed by atoms with E-state index < -0.39 is 5.97 Å². The summed E-state index contributed by atoms with van der Waals surface area (Å²) < 4.78 is 0. The van der Waals surface area contributed by atoms with E-state index in [-0.39, 0.29) is 12.5 Å². The molecule has 0 bridgehead atoms. The fraction of sp³-hybridized carbons (Fsp3) is 0.615. The minimum Gasteiger partial charge on any atom is -0.480 e. The van der Waals surface area contributed by atoms with Gasteiger partial charge in [-0.1, -0.05) is 0 Å². The molecule has 3 N–H and O–H groups in total. The van der Waals surface area contributed by atoms with Gasteiger partial charge in [0.25, 0.3) is 5.91 Å². The maximum Gasteiger partial charge on any atom is 0.317 e. The van der Waals surface area contributed by atoms with E-state index in [9.17, 15) is 9.59 Å². The van der Waals surface area contributed by atoms with Crippen LogP contribution in [0.3, 0.4) is 0 Å². The Bertz CT molecular complexity index is 486. The first-order valence-electron chi connectivity index (χ1n) is 6.79. The molecule has 1 amide bonds. The van der Waals surface area contributed by atoms with Gasteiger partial charge in [0.05, 0.1) is 18.3 Å². The maximum absolute atomic E-state index is 12.4. The Morgan fingerprint density at radius 2 is 2.40 bits per heavy atom. The van der Waals surface area contributed by atoms with Crippen LogP contribution in [0, 0.1) is 12.8 Å². The number of carboxylic acid groups (broad SMARTS) is 1. The summed E-state index contributed by atoms with van der Waals surface area (Å²) in [7, 11) is 0. The SMILES string of the molecule is Cc1[nH]ncc1C(=O)N1CCCC(CNCC(=O)O)C1. The monoisotopic (exact) mass is 280 g/mol. The number of hydrogen-bond acceptors (Lipinski definition) is 4. The Morgan fingerprint density at radius 3 is 3.05 bits per heavy atom. The summed E-state index contributed by atoms with van der Waals surface area (Å²) in [6, 6.07) is 0. The van der Waals surface area contributed by atoms with Crippen molar-refractivity contribution in [3.63, 3.8) is 0 Å². The molecule has 2 heterocycles. The molecule has 2 rings (SSSR count). The highest BCUT2D eigenvalue weighted by Gasteiger charge is 2.25. The number of rotatable bonds is 5. The molecular weight excluding hydrogens is 260 g/mol. The van der Waals surface area contributed by atoms with Crippen LogP contribution in [0.1, 0.15) is 28.9 Å². The van der Waals surface area contributed by atoms with E-state index in [1.807, 2.05) is 11.8 Å². The lowest BCUT2D eigenvalue weighted by molar-refractivity contribution is -0.136. The van der Waals surface area contributed by atoms with Gasteiger partial charge in [-0.05, 0) is 25.7 Å². The number of aromatic amines is 1. The number of amides is 1. The third-order valence-electron chi connectivity index (χ3n) is 3.58. The molecule has 7 nitrogen and oxygen atoms in total. The molecule has 7 heteroatoms. The number of hydrogen-bond donors (Lipinski definition) is 3. The number of aromatic nitrogens is 2. The minimum absolute atomic E-state index is 0.000755. The van der Waals surface area contributed by atoms with E-state index in [1.165, 1.54) is 0 Å². The van der Waals surface area contributed by atoms with Gasteiger partial charge in [-0.3, -0.25) is 14.7 Å². The number of carbonyl (C=O) groups excluding carboxylic acids is 1. The molecule has 1 unspecified atom stereocenters. The van der Waals surface area contributed by atoms with E-state index in [4.69, 9.17) is 5.11 Å². The van der Waals surface area contributed by atoms with Gasteiger partial charge in [0, 0.05) is 25.3 Å². The highest BCUT2D eigenvalue weighted by Crippen LogP contribution is 2.18. The second kappa shape index (κ2) is 6.51. The third kappa shape index (κ3) is 3.57. The third-order valence-corrected chi connectivity index (χ3v) is 3.58. The maximum atomic E-state index is 12.4. The second-order valence-electron chi connectivity index (χ2n) is 5.19. The molecule has 1 fully saturated rings. The van der Waals surface area contributed by atoms with Gasteiger partial charge < -0.3 is 15.3 Å². The van der Waals surface area contributed by atoms with Crippen molar-refractivity contribution in [3.05, 3.63) is 17.5 Å². The lowest BCUT2D eigenvalue weighted by atomic mass is 9.97. The number of piperidine rings is 1. The second-order valence-corrected chi connectivity index (χ2v) is 5.19. The smallest absolute Gasteiger partial charge is 0.317 e. The minimum atomic E-state index is -0.859.